The van der Waals surface area contributed by atoms with Gasteiger partial charge in [-0.2, -0.15) is 0 Å². The Bertz CT molecular complexity index is 158. The van der Waals surface area contributed by atoms with Crippen molar-refractivity contribution in [2.45, 2.75) is 45.1 Å². The molecule has 3 heteroatoms. The summed E-state index contributed by atoms with van der Waals surface area (Å²) in [7, 11) is 2.26. The highest BCUT2D eigenvalue weighted by Gasteiger charge is 2.17. The summed E-state index contributed by atoms with van der Waals surface area (Å²) in [5, 5.41) is 3.45. The molecule has 0 spiro atoms. The standard InChI is InChI=1S/C13H28N2O/c1-3-8-14-9-4-5-10-15(2)13-6-11-16-12-7-13/h13-14H,3-12H2,1-2H3. The lowest BCUT2D eigenvalue weighted by Crippen LogP contribution is -2.37. The molecule has 0 aromatic rings. The van der Waals surface area contributed by atoms with E-state index in [1.807, 2.05) is 0 Å². The van der Waals surface area contributed by atoms with Crippen molar-refractivity contribution in [2.75, 3.05) is 39.9 Å². The summed E-state index contributed by atoms with van der Waals surface area (Å²) < 4.78 is 5.38. The second-order valence-electron chi connectivity index (χ2n) is 4.78. The van der Waals surface area contributed by atoms with E-state index in [-0.39, 0.29) is 0 Å². The van der Waals surface area contributed by atoms with Crippen molar-refractivity contribution in [2.24, 2.45) is 0 Å². The summed E-state index contributed by atoms with van der Waals surface area (Å²) in [6.07, 6.45) is 6.27. The van der Waals surface area contributed by atoms with Gasteiger partial charge in [-0.05, 0) is 58.8 Å². The fourth-order valence-electron chi connectivity index (χ4n) is 2.22. The number of nitrogens with zero attached hydrogens (tertiary/aromatic N) is 1. The van der Waals surface area contributed by atoms with E-state index in [1.54, 1.807) is 0 Å². The average molecular weight is 228 g/mol. The first kappa shape index (κ1) is 13.9. The molecule has 1 aliphatic heterocycles. The zero-order valence-corrected chi connectivity index (χ0v) is 11.0. The predicted molar refractivity (Wildman–Crippen MR) is 68.9 cm³/mol. The van der Waals surface area contributed by atoms with Crippen molar-refractivity contribution in [3.8, 4) is 0 Å². The Morgan fingerprint density at radius 3 is 2.62 bits per heavy atom. The molecular formula is C13H28N2O. The van der Waals surface area contributed by atoms with Gasteiger partial charge in [0.05, 0.1) is 0 Å². The van der Waals surface area contributed by atoms with Crippen LogP contribution in [0.15, 0.2) is 0 Å². The summed E-state index contributed by atoms with van der Waals surface area (Å²) in [6, 6.07) is 0.761. The maximum Gasteiger partial charge on any atom is 0.0480 e. The Balaban J connectivity index is 1.94. The first-order valence-electron chi connectivity index (χ1n) is 6.83. The van der Waals surface area contributed by atoms with Gasteiger partial charge in [-0.1, -0.05) is 6.92 Å². The first-order valence-corrected chi connectivity index (χ1v) is 6.83. The molecule has 96 valence electrons. The van der Waals surface area contributed by atoms with Crippen LogP contribution in [0.1, 0.15) is 39.0 Å². The maximum absolute atomic E-state index is 5.38. The van der Waals surface area contributed by atoms with Crippen LogP contribution in [-0.2, 0) is 4.74 Å². The van der Waals surface area contributed by atoms with Crippen LogP contribution in [0.25, 0.3) is 0 Å². The smallest absolute Gasteiger partial charge is 0.0480 e. The van der Waals surface area contributed by atoms with Gasteiger partial charge in [0.15, 0.2) is 0 Å². The number of ether oxygens (including phenoxy) is 1. The lowest BCUT2D eigenvalue weighted by molar-refractivity contribution is 0.0426. The third-order valence-electron chi connectivity index (χ3n) is 3.36. The summed E-state index contributed by atoms with van der Waals surface area (Å²) in [5.74, 6) is 0. The van der Waals surface area contributed by atoms with Crippen LogP contribution in [0, 0.1) is 0 Å². The molecule has 0 bridgehead atoms. The molecule has 3 nitrogen and oxygen atoms in total. The lowest BCUT2D eigenvalue weighted by atomic mass is 10.1. The third kappa shape index (κ3) is 5.83. The Morgan fingerprint density at radius 2 is 1.94 bits per heavy atom. The quantitative estimate of drug-likeness (QED) is 0.642. The first-order chi connectivity index (χ1) is 7.84. The SMILES string of the molecule is CCCNCCCCN(C)C1CCOCC1. The summed E-state index contributed by atoms with van der Waals surface area (Å²) in [5.41, 5.74) is 0. The topological polar surface area (TPSA) is 24.5 Å². The van der Waals surface area contributed by atoms with Crippen molar-refractivity contribution >= 4 is 0 Å². The average Bonchev–Trinajstić information content (AvgIpc) is 2.34. The monoisotopic (exact) mass is 228 g/mol. The largest absolute Gasteiger partial charge is 0.381 e. The molecule has 1 aliphatic rings. The minimum Gasteiger partial charge on any atom is -0.381 e. The van der Waals surface area contributed by atoms with Crippen LogP contribution in [0.4, 0.5) is 0 Å². The van der Waals surface area contributed by atoms with Crippen LogP contribution < -0.4 is 5.32 Å². The molecule has 16 heavy (non-hydrogen) atoms. The molecule has 0 radical (unpaired) electrons. The minimum absolute atomic E-state index is 0.761. The summed E-state index contributed by atoms with van der Waals surface area (Å²) >= 11 is 0. The van der Waals surface area contributed by atoms with Gasteiger partial charge in [0.2, 0.25) is 0 Å². The van der Waals surface area contributed by atoms with Gasteiger partial charge in [-0.3, -0.25) is 0 Å². The predicted octanol–water partition coefficient (Wildman–Crippen LogP) is 1.88. The Kier molecular flexibility index (Phi) is 7.81. The molecule has 1 saturated heterocycles. The van der Waals surface area contributed by atoms with E-state index in [0.717, 1.165) is 25.8 Å². The molecule has 0 aromatic carbocycles. The molecule has 0 amide bonds. The normalized spacial score (nSPS) is 18.2. The number of hydrogen-bond donors (Lipinski definition) is 1. The Morgan fingerprint density at radius 1 is 1.19 bits per heavy atom. The number of unbranched alkanes of at least 4 members (excludes halogenated alkanes) is 1. The van der Waals surface area contributed by atoms with Crippen LogP contribution in [0.3, 0.4) is 0 Å². The van der Waals surface area contributed by atoms with Gasteiger partial charge in [-0.15, -0.1) is 0 Å². The third-order valence-corrected chi connectivity index (χ3v) is 3.36. The van der Waals surface area contributed by atoms with Gasteiger partial charge in [0.25, 0.3) is 0 Å². The van der Waals surface area contributed by atoms with Crippen molar-refractivity contribution in [3.63, 3.8) is 0 Å². The zero-order chi connectivity index (χ0) is 11.6. The molecule has 1 heterocycles. The molecule has 0 atom stereocenters. The van der Waals surface area contributed by atoms with Crippen molar-refractivity contribution < 1.29 is 4.74 Å². The van der Waals surface area contributed by atoms with Gasteiger partial charge in [-0.25, -0.2) is 0 Å². The fourth-order valence-corrected chi connectivity index (χ4v) is 2.22. The lowest BCUT2D eigenvalue weighted by Gasteiger charge is -2.31. The highest BCUT2D eigenvalue weighted by atomic mass is 16.5. The molecule has 1 fully saturated rings. The summed E-state index contributed by atoms with van der Waals surface area (Å²) in [4.78, 5) is 2.52. The molecule has 0 saturated carbocycles. The van der Waals surface area contributed by atoms with E-state index >= 15 is 0 Å². The second-order valence-corrected chi connectivity index (χ2v) is 4.78. The fraction of sp³-hybridized carbons (Fsp3) is 1.00. The molecule has 0 unspecified atom stereocenters. The Labute approximate surface area is 101 Å². The van der Waals surface area contributed by atoms with E-state index in [2.05, 4.69) is 24.2 Å². The molecule has 0 aliphatic carbocycles. The van der Waals surface area contributed by atoms with Gasteiger partial charge in [0.1, 0.15) is 0 Å². The van der Waals surface area contributed by atoms with Crippen LogP contribution >= 0.6 is 0 Å². The van der Waals surface area contributed by atoms with E-state index in [4.69, 9.17) is 4.74 Å². The van der Waals surface area contributed by atoms with Crippen molar-refractivity contribution in [3.05, 3.63) is 0 Å². The van der Waals surface area contributed by atoms with Gasteiger partial charge < -0.3 is 15.0 Å². The van der Waals surface area contributed by atoms with Crippen LogP contribution in [-0.4, -0.2) is 50.8 Å². The van der Waals surface area contributed by atoms with Crippen LogP contribution in [0.5, 0.6) is 0 Å². The second kappa shape index (κ2) is 8.97. The van der Waals surface area contributed by atoms with Gasteiger partial charge in [0, 0.05) is 19.3 Å². The van der Waals surface area contributed by atoms with Crippen molar-refractivity contribution in [1.29, 1.82) is 0 Å². The molecule has 0 aromatic heterocycles. The van der Waals surface area contributed by atoms with Crippen molar-refractivity contribution in [1.82, 2.24) is 10.2 Å². The minimum atomic E-state index is 0.761. The number of rotatable bonds is 8. The Hall–Kier alpha value is -0.120. The molecule has 1 N–H and O–H groups in total. The van der Waals surface area contributed by atoms with E-state index in [9.17, 15) is 0 Å². The van der Waals surface area contributed by atoms with E-state index < -0.39 is 0 Å². The maximum atomic E-state index is 5.38. The summed E-state index contributed by atoms with van der Waals surface area (Å²) in [6.45, 7) is 7.69. The van der Waals surface area contributed by atoms with E-state index in [0.29, 0.717) is 0 Å². The molecular weight excluding hydrogens is 200 g/mol. The zero-order valence-electron chi connectivity index (χ0n) is 11.0. The van der Waals surface area contributed by atoms with E-state index in [1.165, 1.54) is 45.2 Å². The highest BCUT2D eigenvalue weighted by Crippen LogP contribution is 2.12. The van der Waals surface area contributed by atoms with Crippen LogP contribution in [0.2, 0.25) is 0 Å². The molecule has 1 rings (SSSR count). The van der Waals surface area contributed by atoms with Gasteiger partial charge >= 0.3 is 0 Å². The number of nitrogens with one attached hydrogen (secondary N) is 1. The number of hydrogen-bond acceptors (Lipinski definition) is 3. The highest BCUT2D eigenvalue weighted by molar-refractivity contribution is 4.71.